The first-order valence-corrected chi connectivity index (χ1v) is 7.47. The van der Waals surface area contributed by atoms with Crippen molar-refractivity contribution in [1.82, 2.24) is 4.57 Å². The fraction of sp³-hybridized carbons (Fsp3) is 0.278. The van der Waals surface area contributed by atoms with Crippen molar-refractivity contribution >= 4 is 17.5 Å². The number of aromatic nitrogens is 1. The molecule has 1 heterocycles. The Morgan fingerprint density at radius 2 is 1.80 bits per heavy atom. The molecule has 0 saturated carbocycles. The zero-order chi connectivity index (χ0) is 18.6. The molecule has 7 heteroatoms. The van der Waals surface area contributed by atoms with Crippen LogP contribution in [0.3, 0.4) is 0 Å². The molecule has 0 fully saturated rings. The largest absolute Gasteiger partial charge is 0.497 e. The number of Topliss-reactive ketones (excluding diaryl/α,β-unsaturated/α-hetero) is 2. The van der Waals surface area contributed by atoms with Crippen molar-refractivity contribution in [2.24, 2.45) is 7.05 Å². The quantitative estimate of drug-likeness (QED) is 0.565. The van der Waals surface area contributed by atoms with Crippen LogP contribution in [0.1, 0.15) is 38.1 Å². The molecule has 1 aromatic carbocycles. The normalized spacial score (nSPS) is 10.2. The minimum absolute atomic E-state index is 0.159. The van der Waals surface area contributed by atoms with E-state index in [0.29, 0.717) is 17.1 Å². The maximum absolute atomic E-state index is 12.3. The van der Waals surface area contributed by atoms with E-state index in [1.807, 2.05) is 0 Å². The van der Waals surface area contributed by atoms with Crippen molar-refractivity contribution in [2.45, 2.75) is 6.92 Å². The molecule has 0 amide bonds. The number of carbonyl (C=O) groups excluding carboxylic acids is 3. The van der Waals surface area contributed by atoms with Crippen LogP contribution >= 0.6 is 0 Å². The third kappa shape index (κ3) is 4.06. The fourth-order valence-electron chi connectivity index (χ4n) is 2.27. The first-order chi connectivity index (χ1) is 11.9. The van der Waals surface area contributed by atoms with E-state index in [1.165, 1.54) is 38.0 Å². The number of ketones is 2. The number of ether oxygens (including phenoxy) is 3. The fourth-order valence-corrected chi connectivity index (χ4v) is 2.27. The Morgan fingerprint density at radius 3 is 2.36 bits per heavy atom. The molecule has 0 bridgehead atoms. The van der Waals surface area contributed by atoms with Gasteiger partial charge in [-0.1, -0.05) is 0 Å². The van der Waals surface area contributed by atoms with Crippen LogP contribution in [0.4, 0.5) is 0 Å². The van der Waals surface area contributed by atoms with E-state index in [1.54, 1.807) is 25.2 Å². The third-order valence-electron chi connectivity index (χ3n) is 3.66. The SMILES string of the molecule is COc1ccc(C(=O)COC(=O)c2cc(C(C)=O)cn2C)c(OC)c1. The van der Waals surface area contributed by atoms with E-state index in [4.69, 9.17) is 14.2 Å². The Hall–Kier alpha value is -3.09. The van der Waals surface area contributed by atoms with Gasteiger partial charge in [0, 0.05) is 24.9 Å². The van der Waals surface area contributed by atoms with Crippen LogP contribution in [0, 0.1) is 0 Å². The van der Waals surface area contributed by atoms with E-state index < -0.39 is 18.4 Å². The maximum atomic E-state index is 12.3. The standard InChI is InChI=1S/C18H19NO6/c1-11(20)12-7-15(19(2)9-12)18(22)25-10-16(21)14-6-5-13(23-3)8-17(14)24-4/h5-9H,10H2,1-4H3. The second kappa shape index (κ2) is 7.65. The molecule has 0 aliphatic carbocycles. The van der Waals surface area contributed by atoms with Gasteiger partial charge in [0.15, 0.2) is 12.4 Å². The van der Waals surface area contributed by atoms with Gasteiger partial charge in [0.25, 0.3) is 0 Å². The number of rotatable bonds is 7. The second-order valence-corrected chi connectivity index (χ2v) is 5.35. The molecule has 25 heavy (non-hydrogen) atoms. The number of carbonyl (C=O) groups is 3. The topological polar surface area (TPSA) is 83.8 Å². The highest BCUT2D eigenvalue weighted by molar-refractivity contribution is 6.02. The molecule has 0 atom stereocenters. The van der Waals surface area contributed by atoms with Crippen molar-refractivity contribution in [3.05, 3.63) is 47.3 Å². The lowest BCUT2D eigenvalue weighted by atomic mass is 10.1. The molecular weight excluding hydrogens is 326 g/mol. The molecule has 132 valence electrons. The lowest BCUT2D eigenvalue weighted by Crippen LogP contribution is -2.16. The summed E-state index contributed by atoms with van der Waals surface area (Å²) in [4.78, 5) is 35.8. The lowest BCUT2D eigenvalue weighted by Gasteiger charge is -2.10. The first kappa shape index (κ1) is 18.3. The predicted molar refractivity (Wildman–Crippen MR) is 89.6 cm³/mol. The van der Waals surface area contributed by atoms with Crippen molar-refractivity contribution in [3.63, 3.8) is 0 Å². The molecule has 0 aliphatic heterocycles. The number of aryl methyl sites for hydroxylation is 1. The second-order valence-electron chi connectivity index (χ2n) is 5.35. The number of hydrogen-bond donors (Lipinski definition) is 0. The number of hydrogen-bond acceptors (Lipinski definition) is 6. The summed E-state index contributed by atoms with van der Waals surface area (Å²) in [5.41, 5.74) is 0.879. The molecule has 7 nitrogen and oxygen atoms in total. The van der Waals surface area contributed by atoms with Crippen LogP contribution in [0.25, 0.3) is 0 Å². The smallest absolute Gasteiger partial charge is 0.355 e. The van der Waals surface area contributed by atoms with E-state index in [0.717, 1.165) is 0 Å². The lowest BCUT2D eigenvalue weighted by molar-refractivity contribution is 0.0464. The molecule has 1 aromatic heterocycles. The van der Waals surface area contributed by atoms with Gasteiger partial charge in [-0.3, -0.25) is 9.59 Å². The number of benzene rings is 1. The summed E-state index contributed by atoms with van der Waals surface area (Å²) < 4.78 is 16.8. The highest BCUT2D eigenvalue weighted by Crippen LogP contribution is 2.25. The Balaban J connectivity index is 2.09. The van der Waals surface area contributed by atoms with Crippen molar-refractivity contribution in [2.75, 3.05) is 20.8 Å². The Morgan fingerprint density at radius 1 is 1.08 bits per heavy atom. The summed E-state index contributed by atoms with van der Waals surface area (Å²) in [6.45, 7) is 0.964. The molecule has 0 saturated heterocycles. The molecule has 2 aromatic rings. The van der Waals surface area contributed by atoms with Gasteiger partial charge in [0.05, 0.1) is 19.8 Å². The third-order valence-corrected chi connectivity index (χ3v) is 3.66. The van der Waals surface area contributed by atoms with Crippen molar-refractivity contribution in [1.29, 1.82) is 0 Å². The number of nitrogens with zero attached hydrogens (tertiary/aromatic N) is 1. The molecule has 0 aliphatic rings. The van der Waals surface area contributed by atoms with Gasteiger partial charge in [0.2, 0.25) is 5.78 Å². The van der Waals surface area contributed by atoms with Gasteiger partial charge < -0.3 is 18.8 Å². The van der Waals surface area contributed by atoms with Crippen LogP contribution in [0.2, 0.25) is 0 Å². The van der Waals surface area contributed by atoms with Crippen LogP contribution < -0.4 is 9.47 Å². The maximum Gasteiger partial charge on any atom is 0.355 e. The van der Waals surface area contributed by atoms with Gasteiger partial charge >= 0.3 is 5.97 Å². The monoisotopic (exact) mass is 345 g/mol. The Bertz CT molecular complexity index is 821. The zero-order valence-corrected chi connectivity index (χ0v) is 14.5. The minimum atomic E-state index is -0.684. The molecule has 0 unspecified atom stereocenters. The van der Waals surface area contributed by atoms with E-state index in [-0.39, 0.29) is 17.0 Å². The Labute approximate surface area is 145 Å². The summed E-state index contributed by atoms with van der Waals surface area (Å²) in [5, 5.41) is 0. The van der Waals surface area contributed by atoms with Crippen LogP contribution in [-0.2, 0) is 11.8 Å². The minimum Gasteiger partial charge on any atom is -0.497 e. The molecular formula is C18H19NO6. The van der Waals surface area contributed by atoms with Gasteiger partial charge in [-0.15, -0.1) is 0 Å². The summed E-state index contributed by atoms with van der Waals surface area (Å²) in [7, 11) is 4.56. The van der Waals surface area contributed by atoms with E-state index >= 15 is 0 Å². The predicted octanol–water partition coefficient (Wildman–Crippen LogP) is 2.28. The van der Waals surface area contributed by atoms with E-state index in [9.17, 15) is 14.4 Å². The average Bonchev–Trinajstić information content (AvgIpc) is 3.00. The summed E-state index contributed by atoms with van der Waals surface area (Å²) >= 11 is 0. The van der Waals surface area contributed by atoms with Gasteiger partial charge in [-0.05, 0) is 25.1 Å². The molecule has 2 rings (SSSR count). The van der Waals surface area contributed by atoms with Gasteiger partial charge in [-0.25, -0.2) is 4.79 Å². The molecule has 0 N–H and O–H groups in total. The van der Waals surface area contributed by atoms with Gasteiger partial charge in [-0.2, -0.15) is 0 Å². The first-order valence-electron chi connectivity index (χ1n) is 7.47. The highest BCUT2D eigenvalue weighted by atomic mass is 16.5. The number of methoxy groups -OCH3 is 2. The molecule has 0 radical (unpaired) electrons. The van der Waals surface area contributed by atoms with Crippen molar-refractivity contribution in [3.8, 4) is 11.5 Å². The summed E-state index contributed by atoms with van der Waals surface area (Å²) in [6.07, 6.45) is 1.53. The van der Waals surface area contributed by atoms with E-state index in [2.05, 4.69) is 0 Å². The van der Waals surface area contributed by atoms with Crippen LogP contribution in [-0.4, -0.2) is 42.9 Å². The summed E-state index contributed by atoms with van der Waals surface area (Å²) in [6, 6.07) is 6.17. The average molecular weight is 345 g/mol. The van der Waals surface area contributed by atoms with Crippen molar-refractivity contribution < 1.29 is 28.6 Å². The zero-order valence-electron chi connectivity index (χ0n) is 14.5. The highest BCUT2D eigenvalue weighted by Gasteiger charge is 2.19. The number of esters is 1. The Kier molecular flexibility index (Phi) is 5.59. The van der Waals surface area contributed by atoms with Gasteiger partial charge in [0.1, 0.15) is 17.2 Å². The summed E-state index contributed by atoms with van der Waals surface area (Å²) in [5.74, 6) is -0.373. The molecule has 0 spiro atoms. The van der Waals surface area contributed by atoms with Crippen LogP contribution in [0.15, 0.2) is 30.5 Å². The van der Waals surface area contributed by atoms with Crippen LogP contribution in [0.5, 0.6) is 11.5 Å².